The molecule has 0 saturated heterocycles. The summed E-state index contributed by atoms with van der Waals surface area (Å²) in [6, 6.07) is 10.5. The van der Waals surface area contributed by atoms with Gasteiger partial charge in [0, 0.05) is 18.5 Å². The summed E-state index contributed by atoms with van der Waals surface area (Å²) < 4.78 is 29.5. The first-order valence-corrected chi connectivity index (χ1v) is 8.57. The molecule has 1 aliphatic rings. The first-order chi connectivity index (χ1) is 12.7. The molecule has 1 aliphatic heterocycles. The van der Waals surface area contributed by atoms with E-state index in [9.17, 15) is 9.18 Å². The topological polar surface area (TPSA) is 56.8 Å². The van der Waals surface area contributed by atoms with Gasteiger partial charge in [-0.1, -0.05) is 12.1 Å². The Hall–Kier alpha value is -2.60. The predicted octanol–water partition coefficient (Wildman–Crippen LogP) is 2.99. The third-order valence-corrected chi connectivity index (χ3v) is 4.27. The molecule has 0 atom stereocenters. The zero-order valence-electron chi connectivity index (χ0n) is 14.7. The summed E-state index contributed by atoms with van der Waals surface area (Å²) in [5, 5.41) is 2.88. The number of carbonyl (C=O) groups is 1. The molecule has 1 amide bonds. The molecule has 1 N–H and O–H groups in total. The molecule has 0 aliphatic carbocycles. The first-order valence-electron chi connectivity index (χ1n) is 8.57. The highest BCUT2D eigenvalue weighted by Crippen LogP contribution is 2.29. The van der Waals surface area contributed by atoms with Crippen molar-refractivity contribution in [2.45, 2.75) is 25.9 Å². The normalized spacial score (nSPS) is 12.8. The second-order valence-electron chi connectivity index (χ2n) is 6.11. The van der Waals surface area contributed by atoms with Gasteiger partial charge in [-0.3, -0.25) is 4.79 Å². The summed E-state index contributed by atoms with van der Waals surface area (Å²) in [5.74, 6) is 1.11. The second kappa shape index (κ2) is 8.67. The Labute approximate surface area is 152 Å². The number of carbonyl (C=O) groups excluding carboxylic acids is 1. The highest BCUT2D eigenvalue weighted by molar-refractivity contribution is 5.76. The first kappa shape index (κ1) is 18.2. The van der Waals surface area contributed by atoms with Crippen LogP contribution in [-0.4, -0.2) is 26.4 Å². The minimum atomic E-state index is -0.321. The van der Waals surface area contributed by atoms with E-state index in [1.807, 2.05) is 24.3 Å². The zero-order chi connectivity index (χ0) is 18.4. The maximum absolute atomic E-state index is 13.7. The summed E-state index contributed by atoms with van der Waals surface area (Å²) in [5.41, 5.74) is 2.53. The van der Waals surface area contributed by atoms with E-state index in [0.717, 1.165) is 16.9 Å². The van der Waals surface area contributed by atoms with Gasteiger partial charge in [-0.2, -0.15) is 0 Å². The highest BCUT2D eigenvalue weighted by atomic mass is 19.1. The van der Waals surface area contributed by atoms with E-state index < -0.39 is 0 Å². The smallest absolute Gasteiger partial charge is 0.220 e. The summed E-state index contributed by atoms with van der Waals surface area (Å²) in [4.78, 5) is 12.0. The fraction of sp³-hybridized carbons (Fsp3) is 0.350. The van der Waals surface area contributed by atoms with Crippen LogP contribution in [0.15, 0.2) is 36.4 Å². The van der Waals surface area contributed by atoms with Gasteiger partial charge < -0.3 is 19.5 Å². The average Bonchev–Trinajstić information content (AvgIpc) is 2.66. The van der Waals surface area contributed by atoms with E-state index in [4.69, 9.17) is 14.2 Å². The van der Waals surface area contributed by atoms with Crippen LogP contribution in [0.25, 0.3) is 0 Å². The maximum atomic E-state index is 13.7. The number of amides is 1. The minimum Gasteiger partial charge on any atom is -0.497 e. The van der Waals surface area contributed by atoms with E-state index in [1.54, 1.807) is 7.11 Å². The van der Waals surface area contributed by atoms with Crippen molar-refractivity contribution >= 4 is 5.91 Å². The lowest BCUT2D eigenvalue weighted by Gasteiger charge is -2.21. The number of hydrogen-bond acceptors (Lipinski definition) is 4. The van der Waals surface area contributed by atoms with Gasteiger partial charge in [-0.05, 0) is 48.2 Å². The lowest BCUT2D eigenvalue weighted by molar-refractivity contribution is -0.121. The van der Waals surface area contributed by atoms with Crippen LogP contribution in [0.1, 0.15) is 23.1 Å². The molecule has 3 rings (SSSR count). The molecule has 138 valence electrons. The summed E-state index contributed by atoms with van der Waals surface area (Å²) >= 11 is 0. The molecule has 2 aromatic rings. The van der Waals surface area contributed by atoms with Crippen molar-refractivity contribution in [3.8, 4) is 11.5 Å². The number of aryl methyl sites for hydroxylation is 1. The number of hydrogen-bond donors (Lipinski definition) is 1. The van der Waals surface area contributed by atoms with Crippen molar-refractivity contribution < 1.29 is 23.4 Å². The quantitative estimate of drug-likeness (QED) is 0.826. The lowest BCUT2D eigenvalue weighted by Crippen LogP contribution is -2.26. The summed E-state index contributed by atoms with van der Waals surface area (Å²) in [6.07, 6.45) is 1.57. The molecule has 0 radical (unpaired) electrons. The van der Waals surface area contributed by atoms with Crippen molar-refractivity contribution in [2.75, 3.05) is 20.4 Å². The van der Waals surface area contributed by atoms with E-state index in [2.05, 4.69) is 5.32 Å². The number of rotatable bonds is 7. The molecule has 0 bridgehead atoms. The van der Waals surface area contributed by atoms with Crippen LogP contribution in [0, 0.1) is 5.82 Å². The van der Waals surface area contributed by atoms with Gasteiger partial charge in [0.15, 0.2) is 6.79 Å². The van der Waals surface area contributed by atoms with Gasteiger partial charge in [0.2, 0.25) is 5.91 Å². The van der Waals surface area contributed by atoms with E-state index >= 15 is 0 Å². The van der Waals surface area contributed by atoms with E-state index in [0.29, 0.717) is 43.7 Å². The molecule has 0 fully saturated rings. The molecular formula is C20H22FNO4. The van der Waals surface area contributed by atoms with Crippen molar-refractivity contribution in [1.29, 1.82) is 0 Å². The summed E-state index contributed by atoms with van der Waals surface area (Å²) in [6.45, 7) is 0.940. The third-order valence-electron chi connectivity index (χ3n) is 4.27. The average molecular weight is 359 g/mol. The predicted molar refractivity (Wildman–Crippen MR) is 94.7 cm³/mol. The Morgan fingerprint density at radius 2 is 2.04 bits per heavy atom. The van der Waals surface area contributed by atoms with Crippen LogP contribution in [0.3, 0.4) is 0 Å². The Kier molecular flexibility index (Phi) is 6.07. The largest absolute Gasteiger partial charge is 0.497 e. The van der Waals surface area contributed by atoms with Gasteiger partial charge in [0.25, 0.3) is 0 Å². The molecule has 5 nitrogen and oxygen atoms in total. The summed E-state index contributed by atoms with van der Waals surface area (Å²) in [7, 11) is 1.62. The molecule has 6 heteroatoms. The fourth-order valence-electron chi connectivity index (χ4n) is 2.92. The van der Waals surface area contributed by atoms with Gasteiger partial charge in [-0.25, -0.2) is 4.39 Å². The molecule has 0 saturated carbocycles. The van der Waals surface area contributed by atoms with Gasteiger partial charge in [0.1, 0.15) is 17.3 Å². The highest BCUT2D eigenvalue weighted by Gasteiger charge is 2.16. The Balaban J connectivity index is 1.47. The monoisotopic (exact) mass is 359 g/mol. The van der Waals surface area contributed by atoms with Gasteiger partial charge >= 0.3 is 0 Å². The number of ether oxygens (including phenoxy) is 3. The standard InChI is InChI=1S/C20H22FNO4/c1-24-18-5-2-14(3-6-18)4-7-19(23)22-9-8-15-10-17(21)11-16-12-25-13-26-20(15)16/h2-3,5-6,10-11H,4,7-9,12-13H2,1H3,(H,22,23). The number of nitrogens with one attached hydrogen (secondary N) is 1. The van der Waals surface area contributed by atoms with Crippen LogP contribution in [0.5, 0.6) is 11.5 Å². The fourth-order valence-corrected chi connectivity index (χ4v) is 2.92. The van der Waals surface area contributed by atoms with Crippen LogP contribution in [0.4, 0.5) is 4.39 Å². The lowest BCUT2D eigenvalue weighted by atomic mass is 10.1. The van der Waals surface area contributed by atoms with Crippen LogP contribution in [-0.2, 0) is 29.0 Å². The van der Waals surface area contributed by atoms with Crippen molar-refractivity contribution in [3.05, 3.63) is 58.9 Å². The zero-order valence-corrected chi connectivity index (χ0v) is 14.7. The van der Waals surface area contributed by atoms with Crippen molar-refractivity contribution in [3.63, 3.8) is 0 Å². The maximum Gasteiger partial charge on any atom is 0.220 e. The Morgan fingerprint density at radius 3 is 2.81 bits per heavy atom. The van der Waals surface area contributed by atoms with Gasteiger partial charge in [-0.15, -0.1) is 0 Å². The van der Waals surface area contributed by atoms with E-state index in [1.165, 1.54) is 12.1 Å². The Morgan fingerprint density at radius 1 is 1.23 bits per heavy atom. The number of methoxy groups -OCH3 is 1. The van der Waals surface area contributed by atoms with Crippen molar-refractivity contribution in [1.82, 2.24) is 5.32 Å². The molecule has 0 spiro atoms. The SMILES string of the molecule is COc1ccc(CCC(=O)NCCc2cc(F)cc3c2OCOC3)cc1. The van der Waals surface area contributed by atoms with E-state index in [-0.39, 0.29) is 18.5 Å². The minimum absolute atomic E-state index is 0.0321. The van der Waals surface area contributed by atoms with Crippen LogP contribution < -0.4 is 14.8 Å². The molecule has 26 heavy (non-hydrogen) atoms. The number of benzene rings is 2. The Bertz CT molecular complexity index is 761. The van der Waals surface area contributed by atoms with Crippen molar-refractivity contribution in [2.24, 2.45) is 0 Å². The molecule has 2 aromatic carbocycles. The number of halogens is 1. The second-order valence-corrected chi connectivity index (χ2v) is 6.11. The molecule has 1 heterocycles. The molecular weight excluding hydrogens is 337 g/mol. The van der Waals surface area contributed by atoms with Crippen LogP contribution in [0.2, 0.25) is 0 Å². The van der Waals surface area contributed by atoms with Crippen LogP contribution >= 0.6 is 0 Å². The number of fused-ring (bicyclic) bond motifs is 1. The molecule has 0 aromatic heterocycles. The van der Waals surface area contributed by atoms with Gasteiger partial charge in [0.05, 0.1) is 13.7 Å². The third kappa shape index (κ3) is 4.73. The molecule has 0 unspecified atom stereocenters.